The summed E-state index contributed by atoms with van der Waals surface area (Å²) in [5, 5.41) is 7.03. The van der Waals surface area contributed by atoms with Gasteiger partial charge >= 0.3 is 0 Å². The fraction of sp³-hybridized carbons (Fsp3) is 0.0556. The molecule has 3 aromatic rings. The minimum atomic E-state index is -0.188. The first-order chi connectivity index (χ1) is 11.3. The van der Waals surface area contributed by atoms with E-state index in [1.54, 1.807) is 18.5 Å². The number of aromatic nitrogens is 3. The molecular weight excluding hydrogens is 288 g/mol. The molecule has 2 heterocycles. The molecule has 5 nitrogen and oxygen atoms in total. The number of pyridine rings is 1. The van der Waals surface area contributed by atoms with Crippen molar-refractivity contribution in [3.8, 4) is 0 Å². The summed E-state index contributed by atoms with van der Waals surface area (Å²) in [6, 6.07) is 15.2. The number of carbonyl (C=O) groups is 1. The summed E-state index contributed by atoms with van der Waals surface area (Å²) in [6.45, 7) is 0.667. The fourth-order valence-electron chi connectivity index (χ4n) is 2.15. The van der Waals surface area contributed by atoms with Crippen LogP contribution in [0, 0.1) is 0 Å². The predicted octanol–water partition coefficient (Wildman–Crippen LogP) is 2.98. The lowest BCUT2D eigenvalue weighted by atomic mass is 10.2. The Morgan fingerprint density at radius 1 is 1.13 bits per heavy atom. The Kier molecular flexibility index (Phi) is 4.59. The van der Waals surface area contributed by atoms with E-state index >= 15 is 0 Å². The van der Waals surface area contributed by atoms with Gasteiger partial charge in [-0.25, -0.2) is 0 Å². The summed E-state index contributed by atoms with van der Waals surface area (Å²) in [4.78, 5) is 16.1. The first kappa shape index (κ1) is 14.7. The Morgan fingerprint density at radius 3 is 2.87 bits per heavy atom. The van der Waals surface area contributed by atoms with Crippen molar-refractivity contribution in [2.24, 2.45) is 0 Å². The molecule has 0 aliphatic heterocycles. The van der Waals surface area contributed by atoms with Crippen LogP contribution in [0.1, 0.15) is 11.3 Å². The van der Waals surface area contributed by atoms with E-state index in [-0.39, 0.29) is 5.91 Å². The van der Waals surface area contributed by atoms with Crippen LogP contribution in [0.15, 0.2) is 73.2 Å². The third-order valence-corrected chi connectivity index (χ3v) is 3.19. The number of benzene rings is 1. The van der Waals surface area contributed by atoms with Crippen LogP contribution in [0.3, 0.4) is 0 Å². The highest BCUT2D eigenvalue weighted by molar-refractivity contribution is 6.01. The second-order valence-electron chi connectivity index (χ2n) is 4.98. The maximum Gasteiger partial charge on any atom is 0.248 e. The van der Waals surface area contributed by atoms with Crippen molar-refractivity contribution < 1.29 is 4.79 Å². The molecule has 3 rings (SSSR count). The van der Waals surface area contributed by atoms with Crippen molar-refractivity contribution in [3.05, 3.63) is 84.5 Å². The van der Waals surface area contributed by atoms with Crippen LogP contribution in [0.4, 0.5) is 5.69 Å². The zero-order valence-corrected chi connectivity index (χ0v) is 12.5. The Hall–Kier alpha value is -3.21. The molecule has 0 aliphatic rings. The summed E-state index contributed by atoms with van der Waals surface area (Å²) in [5.74, 6) is -0.188. The van der Waals surface area contributed by atoms with Crippen molar-refractivity contribution in [1.82, 2.24) is 14.8 Å². The Morgan fingerprint density at radius 2 is 2.09 bits per heavy atom. The van der Waals surface area contributed by atoms with Gasteiger partial charge in [-0.05, 0) is 42.0 Å². The molecule has 0 spiro atoms. The number of nitrogens with zero attached hydrogens (tertiary/aromatic N) is 3. The summed E-state index contributed by atoms with van der Waals surface area (Å²) >= 11 is 0. The van der Waals surface area contributed by atoms with Crippen molar-refractivity contribution in [1.29, 1.82) is 0 Å². The van der Waals surface area contributed by atoms with Gasteiger partial charge in [0.05, 0.1) is 12.2 Å². The van der Waals surface area contributed by atoms with Crippen molar-refractivity contribution >= 4 is 17.7 Å². The van der Waals surface area contributed by atoms with Crippen molar-refractivity contribution in [3.63, 3.8) is 0 Å². The molecule has 0 fully saturated rings. The smallest absolute Gasteiger partial charge is 0.248 e. The minimum Gasteiger partial charge on any atom is -0.323 e. The van der Waals surface area contributed by atoms with E-state index in [1.165, 1.54) is 6.08 Å². The van der Waals surface area contributed by atoms with E-state index in [4.69, 9.17) is 0 Å². The molecular formula is C18H16N4O. The molecule has 0 radical (unpaired) electrons. The summed E-state index contributed by atoms with van der Waals surface area (Å²) in [5.41, 5.74) is 2.57. The number of hydrogen-bond acceptors (Lipinski definition) is 3. The van der Waals surface area contributed by atoms with Gasteiger partial charge < -0.3 is 5.32 Å². The number of carbonyl (C=O) groups excluding carboxylic acids is 1. The van der Waals surface area contributed by atoms with Crippen LogP contribution in [0.25, 0.3) is 6.08 Å². The number of nitrogens with one attached hydrogen (secondary N) is 1. The Bertz CT molecular complexity index is 795. The van der Waals surface area contributed by atoms with Gasteiger partial charge in [0.15, 0.2) is 0 Å². The lowest BCUT2D eigenvalue weighted by Crippen LogP contribution is -2.08. The van der Waals surface area contributed by atoms with E-state index in [0.717, 1.165) is 16.9 Å². The largest absolute Gasteiger partial charge is 0.323 e. The average Bonchev–Trinajstić information content (AvgIpc) is 3.07. The normalized spacial score (nSPS) is 10.8. The molecule has 0 atom stereocenters. The Labute approximate surface area is 134 Å². The topological polar surface area (TPSA) is 59.8 Å². The monoisotopic (exact) mass is 304 g/mol. The average molecular weight is 304 g/mol. The molecule has 1 N–H and O–H groups in total. The SMILES string of the molecule is O=C(C=Cc1ccccn1)Nc1cccc(Cn2cccn2)c1. The number of rotatable bonds is 5. The van der Waals surface area contributed by atoms with Crippen LogP contribution in [0.2, 0.25) is 0 Å². The van der Waals surface area contributed by atoms with Gasteiger partial charge in [-0.2, -0.15) is 5.10 Å². The lowest BCUT2D eigenvalue weighted by Gasteiger charge is -2.06. The standard InChI is InChI=1S/C18H16N4O/c23-18(9-8-16-6-1-2-10-19-16)21-17-7-3-5-15(13-17)14-22-12-4-11-20-22/h1-13H,14H2,(H,21,23). The van der Waals surface area contributed by atoms with Crippen LogP contribution in [-0.4, -0.2) is 20.7 Å². The van der Waals surface area contributed by atoms with E-state index in [0.29, 0.717) is 6.54 Å². The fourth-order valence-corrected chi connectivity index (χ4v) is 2.15. The van der Waals surface area contributed by atoms with Crippen molar-refractivity contribution in [2.45, 2.75) is 6.54 Å². The zero-order valence-electron chi connectivity index (χ0n) is 12.5. The highest BCUT2D eigenvalue weighted by Crippen LogP contribution is 2.12. The van der Waals surface area contributed by atoms with Gasteiger partial charge in [-0.15, -0.1) is 0 Å². The zero-order chi connectivity index (χ0) is 15.9. The first-order valence-corrected chi connectivity index (χ1v) is 7.26. The quantitative estimate of drug-likeness (QED) is 0.737. The van der Waals surface area contributed by atoms with Crippen LogP contribution >= 0.6 is 0 Å². The molecule has 1 aromatic carbocycles. The summed E-state index contributed by atoms with van der Waals surface area (Å²) < 4.78 is 1.84. The van der Waals surface area contributed by atoms with Crippen LogP contribution < -0.4 is 5.32 Å². The van der Waals surface area contributed by atoms with E-state index < -0.39 is 0 Å². The third-order valence-electron chi connectivity index (χ3n) is 3.19. The molecule has 23 heavy (non-hydrogen) atoms. The van der Waals surface area contributed by atoms with Crippen LogP contribution in [0.5, 0.6) is 0 Å². The maximum atomic E-state index is 12.0. The second kappa shape index (κ2) is 7.17. The third kappa shape index (κ3) is 4.38. The van der Waals surface area contributed by atoms with Gasteiger partial charge in [0, 0.05) is 30.4 Å². The number of hydrogen-bond donors (Lipinski definition) is 1. The van der Waals surface area contributed by atoms with Gasteiger partial charge in [-0.1, -0.05) is 18.2 Å². The predicted molar refractivity (Wildman–Crippen MR) is 89.7 cm³/mol. The molecule has 2 aromatic heterocycles. The Balaban J connectivity index is 1.63. The van der Waals surface area contributed by atoms with Crippen molar-refractivity contribution in [2.75, 3.05) is 5.32 Å². The molecule has 1 amide bonds. The molecule has 0 unspecified atom stereocenters. The van der Waals surface area contributed by atoms with Gasteiger partial charge in [0.1, 0.15) is 0 Å². The molecule has 0 saturated heterocycles. The van der Waals surface area contributed by atoms with Crippen LogP contribution in [-0.2, 0) is 11.3 Å². The molecule has 0 aliphatic carbocycles. The highest BCUT2D eigenvalue weighted by Gasteiger charge is 2.01. The molecule has 5 heteroatoms. The van der Waals surface area contributed by atoms with E-state index in [2.05, 4.69) is 15.4 Å². The van der Waals surface area contributed by atoms with Gasteiger partial charge in [0.25, 0.3) is 0 Å². The first-order valence-electron chi connectivity index (χ1n) is 7.26. The maximum absolute atomic E-state index is 12.0. The summed E-state index contributed by atoms with van der Waals surface area (Å²) in [6.07, 6.45) is 8.50. The molecule has 0 saturated carbocycles. The lowest BCUT2D eigenvalue weighted by molar-refractivity contribution is -0.111. The molecule has 114 valence electrons. The second-order valence-corrected chi connectivity index (χ2v) is 4.98. The van der Waals surface area contributed by atoms with Gasteiger partial charge in [-0.3, -0.25) is 14.5 Å². The van der Waals surface area contributed by atoms with E-state index in [9.17, 15) is 4.79 Å². The highest BCUT2D eigenvalue weighted by atomic mass is 16.1. The van der Waals surface area contributed by atoms with Gasteiger partial charge in [0.2, 0.25) is 5.91 Å². The molecule has 0 bridgehead atoms. The number of amides is 1. The summed E-state index contributed by atoms with van der Waals surface area (Å²) in [7, 11) is 0. The minimum absolute atomic E-state index is 0.188. The number of anilines is 1. The van der Waals surface area contributed by atoms with E-state index in [1.807, 2.05) is 59.4 Å².